The van der Waals surface area contributed by atoms with E-state index < -0.39 is 0 Å². The highest BCUT2D eigenvalue weighted by Gasteiger charge is 2.00. The molecule has 0 aliphatic heterocycles. The molecule has 2 nitrogen and oxygen atoms in total. The van der Waals surface area contributed by atoms with Crippen LogP contribution in [0.4, 0.5) is 0 Å². The van der Waals surface area contributed by atoms with Crippen molar-refractivity contribution in [3.05, 3.63) is 23.3 Å². The molecule has 0 aromatic heterocycles. The topological polar surface area (TPSA) is 29.5 Å². The predicted octanol–water partition coefficient (Wildman–Crippen LogP) is 4.61. The van der Waals surface area contributed by atoms with Gasteiger partial charge in [0.05, 0.1) is 12.7 Å². The van der Waals surface area contributed by atoms with E-state index in [4.69, 9.17) is 4.52 Å². The van der Waals surface area contributed by atoms with Gasteiger partial charge in [-0.05, 0) is 46.0 Å². The maximum absolute atomic E-state index is 9.49. The SMILES string of the molecule is CC[C@H](O)CC/C(C)=C/CC/C(C)=C/COPP. The van der Waals surface area contributed by atoms with Gasteiger partial charge >= 0.3 is 0 Å². The zero-order valence-corrected chi connectivity index (χ0v) is 14.1. The van der Waals surface area contributed by atoms with Crippen molar-refractivity contribution >= 4 is 17.4 Å². The molecule has 0 aliphatic rings. The first-order valence-corrected chi connectivity index (χ1v) is 9.38. The van der Waals surface area contributed by atoms with Gasteiger partial charge in [0.15, 0.2) is 0 Å². The van der Waals surface area contributed by atoms with E-state index in [2.05, 4.69) is 34.9 Å². The summed E-state index contributed by atoms with van der Waals surface area (Å²) in [6.07, 6.45) is 9.23. The number of hydrogen-bond donors (Lipinski definition) is 1. The highest BCUT2D eigenvalue weighted by Crippen LogP contribution is 2.21. The molecule has 0 spiro atoms. The average Bonchev–Trinajstić information content (AvgIpc) is 2.36. The lowest BCUT2D eigenvalue weighted by Crippen LogP contribution is -2.03. The van der Waals surface area contributed by atoms with Crippen LogP contribution in [-0.2, 0) is 4.52 Å². The van der Waals surface area contributed by atoms with Gasteiger partial charge in [0.25, 0.3) is 0 Å². The van der Waals surface area contributed by atoms with E-state index in [1.165, 1.54) is 11.1 Å². The molecule has 4 heteroatoms. The Bertz CT molecular complexity index is 263. The van der Waals surface area contributed by atoms with Crippen LogP contribution in [0.3, 0.4) is 0 Å². The van der Waals surface area contributed by atoms with E-state index in [1.54, 1.807) is 0 Å². The van der Waals surface area contributed by atoms with Crippen molar-refractivity contribution in [1.29, 1.82) is 0 Å². The van der Waals surface area contributed by atoms with Crippen LogP contribution < -0.4 is 0 Å². The smallest absolute Gasteiger partial charge is 0.0693 e. The van der Waals surface area contributed by atoms with Crippen LogP contribution in [-0.4, -0.2) is 17.8 Å². The fourth-order valence-electron chi connectivity index (χ4n) is 1.58. The van der Waals surface area contributed by atoms with Crippen LogP contribution in [0, 0.1) is 0 Å². The number of aliphatic hydroxyl groups excluding tert-OH is 1. The molecule has 0 aliphatic carbocycles. The molecule has 0 radical (unpaired) electrons. The third-order valence-electron chi connectivity index (χ3n) is 2.97. The van der Waals surface area contributed by atoms with Crippen molar-refractivity contribution in [1.82, 2.24) is 0 Å². The van der Waals surface area contributed by atoms with Gasteiger partial charge in [-0.15, -0.1) is 0 Å². The van der Waals surface area contributed by atoms with E-state index in [1.807, 2.05) is 6.92 Å². The first kappa shape index (κ1) is 18.3. The summed E-state index contributed by atoms with van der Waals surface area (Å²) in [5, 5.41) is 9.49. The Hall–Kier alpha value is 0.260. The van der Waals surface area contributed by atoms with Gasteiger partial charge < -0.3 is 9.63 Å². The largest absolute Gasteiger partial charge is 0.393 e. The summed E-state index contributed by atoms with van der Waals surface area (Å²) < 4.78 is 5.28. The van der Waals surface area contributed by atoms with Crippen LogP contribution in [0.15, 0.2) is 23.3 Å². The van der Waals surface area contributed by atoms with Crippen molar-refractivity contribution in [2.24, 2.45) is 0 Å². The number of rotatable bonds is 10. The second-order valence-corrected chi connectivity index (χ2v) is 5.90. The minimum absolute atomic E-state index is 0.139. The molecule has 2 unspecified atom stereocenters. The summed E-state index contributed by atoms with van der Waals surface area (Å²) in [4.78, 5) is 0. The molecular weight excluding hydrogens is 262 g/mol. The van der Waals surface area contributed by atoms with Crippen molar-refractivity contribution in [3.63, 3.8) is 0 Å². The lowest BCUT2D eigenvalue weighted by Gasteiger charge is -2.07. The van der Waals surface area contributed by atoms with E-state index in [9.17, 15) is 5.11 Å². The first-order valence-electron chi connectivity index (χ1n) is 6.66. The zero-order valence-electron chi connectivity index (χ0n) is 11.9. The Morgan fingerprint density at radius 2 is 1.94 bits per heavy atom. The lowest BCUT2D eigenvalue weighted by molar-refractivity contribution is 0.160. The standard InChI is InChI=1S/C14H28O2P2/c1-4-14(15)9-8-12(2)6-5-7-13(3)10-11-16-18-17/h6,10,14-15,18H,4-5,7-9,11,17H2,1-3H3/b12-6+,13-10+/t14-/m0/s1. The first-order chi connectivity index (χ1) is 8.60. The Balaban J connectivity index is 3.75. The van der Waals surface area contributed by atoms with Crippen molar-refractivity contribution in [3.8, 4) is 0 Å². The number of allylic oxidation sites excluding steroid dienone is 3. The summed E-state index contributed by atoms with van der Waals surface area (Å²) >= 11 is 0. The number of hydrogen-bond acceptors (Lipinski definition) is 2. The molecule has 0 amide bonds. The van der Waals surface area contributed by atoms with Crippen molar-refractivity contribution in [2.75, 3.05) is 6.61 Å². The quantitative estimate of drug-likeness (QED) is 0.361. The van der Waals surface area contributed by atoms with Crippen LogP contribution in [0.5, 0.6) is 0 Å². The molecule has 0 aromatic rings. The molecule has 3 atom stereocenters. The maximum Gasteiger partial charge on any atom is 0.0693 e. The Morgan fingerprint density at radius 3 is 2.56 bits per heavy atom. The summed E-state index contributed by atoms with van der Waals surface area (Å²) in [5.74, 6) is 0. The second kappa shape index (κ2) is 12.3. The molecule has 18 heavy (non-hydrogen) atoms. The average molecular weight is 290 g/mol. The molecule has 106 valence electrons. The molecule has 0 fully saturated rings. The van der Waals surface area contributed by atoms with E-state index in [0.717, 1.165) is 38.7 Å². The summed E-state index contributed by atoms with van der Waals surface area (Å²) in [5.41, 5.74) is 2.77. The van der Waals surface area contributed by atoms with Gasteiger partial charge in [0, 0.05) is 8.50 Å². The maximum atomic E-state index is 9.49. The lowest BCUT2D eigenvalue weighted by atomic mass is 10.0. The minimum Gasteiger partial charge on any atom is -0.393 e. The molecule has 0 aromatic carbocycles. The van der Waals surface area contributed by atoms with Gasteiger partial charge in [0.1, 0.15) is 0 Å². The molecule has 0 saturated carbocycles. The van der Waals surface area contributed by atoms with Crippen LogP contribution in [0.25, 0.3) is 0 Å². The molecule has 0 saturated heterocycles. The fraction of sp³-hybridized carbons (Fsp3) is 0.714. The Labute approximate surface area is 116 Å². The third-order valence-corrected chi connectivity index (χ3v) is 3.81. The minimum atomic E-state index is -0.139. The molecule has 1 N–H and O–H groups in total. The van der Waals surface area contributed by atoms with Gasteiger partial charge in [-0.2, -0.15) is 0 Å². The van der Waals surface area contributed by atoms with E-state index in [0.29, 0.717) is 8.50 Å². The normalized spacial score (nSPS) is 15.6. The third kappa shape index (κ3) is 11.4. The van der Waals surface area contributed by atoms with E-state index >= 15 is 0 Å². The molecular formula is C14H28O2P2. The highest BCUT2D eigenvalue weighted by molar-refractivity contribution is 8.00. The van der Waals surface area contributed by atoms with Gasteiger partial charge in [-0.3, -0.25) is 0 Å². The number of aliphatic hydroxyl groups is 1. The van der Waals surface area contributed by atoms with Gasteiger partial charge in [-0.25, -0.2) is 0 Å². The summed E-state index contributed by atoms with van der Waals surface area (Å²) in [6.45, 7) is 7.05. The summed E-state index contributed by atoms with van der Waals surface area (Å²) in [6, 6.07) is 0. The van der Waals surface area contributed by atoms with Crippen LogP contribution in [0.1, 0.15) is 52.9 Å². The van der Waals surface area contributed by atoms with Crippen LogP contribution >= 0.6 is 17.4 Å². The van der Waals surface area contributed by atoms with E-state index in [-0.39, 0.29) is 6.10 Å². The van der Waals surface area contributed by atoms with Crippen molar-refractivity contribution in [2.45, 2.75) is 59.0 Å². The zero-order chi connectivity index (χ0) is 13.8. The van der Waals surface area contributed by atoms with Crippen molar-refractivity contribution < 1.29 is 9.63 Å². The molecule has 0 rings (SSSR count). The molecule has 0 bridgehead atoms. The second-order valence-electron chi connectivity index (χ2n) is 4.67. The Kier molecular flexibility index (Phi) is 12.5. The monoisotopic (exact) mass is 290 g/mol. The Morgan fingerprint density at radius 1 is 1.28 bits per heavy atom. The van der Waals surface area contributed by atoms with Gasteiger partial charge in [0.2, 0.25) is 0 Å². The molecule has 0 heterocycles. The summed E-state index contributed by atoms with van der Waals surface area (Å²) in [7, 11) is 3.07. The van der Waals surface area contributed by atoms with Gasteiger partial charge in [-0.1, -0.05) is 39.2 Å². The van der Waals surface area contributed by atoms with Crippen LogP contribution in [0.2, 0.25) is 0 Å². The highest BCUT2D eigenvalue weighted by atomic mass is 32.0. The predicted molar refractivity (Wildman–Crippen MR) is 86.3 cm³/mol. The fourth-order valence-corrected chi connectivity index (χ4v) is 2.05.